The topological polar surface area (TPSA) is 0 Å². The van der Waals surface area contributed by atoms with E-state index in [9.17, 15) is 0 Å². The van der Waals surface area contributed by atoms with Crippen molar-refractivity contribution in [3.8, 4) is 0 Å². The molecule has 0 radical (unpaired) electrons. The maximum Gasteiger partial charge on any atom is 0.140 e. The Morgan fingerprint density at radius 1 is 0.667 bits per heavy atom. The van der Waals surface area contributed by atoms with Crippen LogP contribution in [0.3, 0.4) is 0 Å². The molecule has 0 N–H and O–H groups in total. The molecule has 21 heavy (non-hydrogen) atoms. The molecule has 4 heteroatoms. The Balaban J connectivity index is 2.62. The van der Waals surface area contributed by atoms with Crippen LogP contribution in [0.4, 0.5) is 0 Å². The zero-order valence-electron chi connectivity index (χ0n) is 14.2. The van der Waals surface area contributed by atoms with Crippen molar-refractivity contribution in [3.05, 3.63) is 34.9 Å². The molecule has 0 aliphatic carbocycles. The Labute approximate surface area is 130 Å². The zero-order valence-corrected chi connectivity index (χ0v) is 14.2. The summed E-state index contributed by atoms with van der Waals surface area (Å²) >= 11 is 0. The van der Waals surface area contributed by atoms with Gasteiger partial charge in [-0.15, -0.1) is 5.46 Å². The molecule has 0 aliphatic rings. The van der Waals surface area contributed by atoms with E-state index in [-0.39, 0.29) is 0 Å². The molecule has 0 unspecified atom stereocenters. The van der Waals surface area contributed by atoms with Crippen molar-refractivity contribution in [2.45, 2.75) is 20.8 Å². The van der Waals surface area contributed by atoms with Gasteiger partial charge in [0.05, 0.1) is 0 Å². The molecule has 3 aromatic carbocycles. The number of hydrogen-bond donors (Lipinski definition) is 0. The lowest BCUT2D eigenvalue weighted by atomic mass is 9.68. The van der Waals surface area contributed by atoms with Gasteiger partial charge in [-0.2, -0.15) is 0 Å². The highest BCUT2D eigenvalue weighted by molar-refractivity contribution is 6.61. The van der Waals surface area contributed by atoms with Gasteiger partial charge in [0.15, 0.2) is 0 Å². The summed E-state index contributed by atoms with van der Waals surface area (Å²) in [6.45, 7) is 6.71. The molecule has 3 rings (SSSR count). The van der Waals surface area contributed by atoms with Crippen molar-refractivity contribution < 1.29 is 0 Å². The molecule has 0 nitrogen and oxygen atoms in total. The number of benzene rings is 3. The maximum atomic E-state index is 2.39. The molecule has 100 valence electrons. The molecule has 0 fully saturated rings. The minimum absolute atomic E-state index is 1.38. The van der Waals surface area contributed by atoms with E-state index in [2.05, 4.69) is 70.4 Å². The lowest BCUT2D eigenvalue weighted by Crippen LogP contribution is -2.40. The molecule has 0 heterocycles. The normalized spacial score (nSPS) is 11.4. The van der Waals surface area contributed by atoms with Gasteiger partial charge in [-0.3, -0.25) is 0 Å². The predicted molar refractivity (Wildman–Crippen MR) is 108 cm³/mol. The Kier molecular flexibility index (Phi) is 3.24. The number of hydrogen-bond acceptors (Lipinski definition) is 0. The van der Waals surface area contributed by atoms with Gasteiger partial charge in [-0.05, 0) is 65.1 Å². The van der Waals surface area contributed by atoms with Crippen molar-refractivity contribution >= 4 is 74.8 Å². The second-order valence-corrected chi connectivity index (χ2v) is 6.58. The molecular weight excluding hydrogens is 247 g/mol. The first-order valence-corrected chi connectivity index (χ1v) is 7.73. The summed E-state index contributed by atoms with van der Waals surface area (Å²) in [6, 6.07) is 7.10. The summed E-state index contributed by atoms with van der Waals surface area (Å²) < 4.78 is 0. The second kappa shape index (κ2) is 4.73. The van der Waals surface area contributed by atoms with Crippen LogP contribution in [0.25, 0.3) is 21.5 Å². The highest BCUT2D eigenvalue weighted by atomic mass is 14.1. The average Bonchev–Trinajstić information content (AvgIpc) is 2.44. The molecule has 0 atom stereocenters. The maximum absolute atomic E-state index is 2.39. The van der Waals surface area contributed by atoms with Crippen LogP contribution < -0.4 is 21.9 Å². The molecule has 0 spiro atoms. The van der Waals surface area contributed by atoms with Crippen molar-refractivity contribution in [2.75, 3.05) is 0 Å². The smallest absolute Gasteiger partial charge is 0.101 e. The third-order valence-corrected chi connectivity index (χ3v) is 5.48. The van der Waals surface area contributed by atoms with Gasteiger partial charge in [0.1, 0.15) is 31.4 Å². The van der Waals surface area contributed by atoms with Crippen LogP contribution in [0.2, 0.25) is 0 Å². The van der Waals surface area contributed by atoms with Crippen molar-refractivity contribution in [1.29, 1.82) is 0 Å². The van der Waals surface area contributed by atoms with E-state index in [0.29, 0.717) is 0 Å². The van der Waals surface area contributed by atoms with Crippen LogP contribution in [0, 0.1) is 20.8 Å². The molecule has 0 saturated carbocycles. The van der Waals surface area contributed by atoms with Crippen LogP contribution in [0.1, 0.15) is 16.7 Å². The fourth-order valence-corrected chi connectivity index (χ4v) is 3.61. The Morgan fingerprint density at radius 3 is 1.95 bits per heavy atom. The highest BCUT2D eigenvalue weighted by Crippen LogP contribution is 2.26. The minimum Gasteiger partial charge on any atom is -0.101 e. The largest absolute Gasteiger partial charge is 0.140 e. The van der Waals surface area contributed by atoms with Crippen LogP contribution in [-0.2, 0) is 0 Å². The highest BCUT2D eigenvalue weighted by Gasteiger charge is 2.12. The van der Waals surface area contributed by atoms with Gasteiger partial charge in [0.2, 0.25) is 0 Å². The number of rotatable bonds is 0. The predicted octanol–water partition coefficient (Wildman–Crippen LogP) is -2.05. The standard InChI is InChI=1S/C17H20B4/c1-7-4-10-5-11-12(6-13(18)17(21)16(11)20)15(19)14(10)9(3)8(7)2/h4-6H,18-21H2,1-3H3. The first-order valence-electron chi connectivity index (χ1n) is 7.73. The van der Waals surface area contributed by atoms with Crippen LogP contribution in [-0.4, -0.2) is 31.4 Å². The van der Waals surface area contributed by atoms with Gasteiger partial charge in [0, 0.05) is 0 Å². The first-order chi connectivity index (χ1) is 9.82. The Bertz CT molecular complexity index is 910. The zero-order chi connectivity index (χ0) is 15.5. The molecule has 3 aromatic rings. The lowest BCUT2D eigenvalue weighted by molar-refractivity contribution is 1.30. The summed E-state index contributed by atoms with van der Waals surface area (Å²) in [5.41, 5.74) is 9.90. The van der Waals surface area contributed by atoms with E-state index >= 15 is 0 Å². The number of aryl methyl sites for hydroxylation is 2. The van der Waals surface area contributed by atoms with Gasteiger partial charge in [-0.25, -0.2) is 0 Å². The SMILES string of the molecule is Bc1cc2c(B)c3c(C)c(C)c(C)cc3cc2c(B)c1B. The minimum atomic E-state index is 1.38. The van der Waals surface area contributed by atoms with Crippen LogP contribution in [0.5, 0.6) is 0 Å². The van der Waals surface area contributed by atoms with Crippen molar-refractivity contribution in [1.82, 2.24) is 0 Å². The van der Waals surface area contributed by atoms with E-state index in [4.69, 9.17) is 0 Å². The quantitative estimate of drug-likeness (QED) is 0.325. The van der Waals surface area contributed by atoms with Gasteiger partial charge < -0.3 is 0 Å². The first kappa shape index (κ1) is 14.4. The summed E-state index contributed by atoms with van der Waals surface area (Å²) in [6.07, 6.45) is 0. The van der Waals surface area contributed by atoms with E-state index in [0.717, 1.165) is 0 Å². The van der Waals surface area contributed by atoms with E-state index in [1.165, 1.54) is 60.1 Å². The summed E-state index contributed by atoms with van der Waals surface area (Å²) in [5, 5.41) is 5.64. The molecule has 0 saturated heterocycles. The monoisotopic (exact) mass is 268 g/mol. The summed E-state index contributed by atoms with van der Waals surface area (Å²) in [4.78, 5) is 0. The second-order valence-electron chi connectivity index (χ2n) is 6.58. The average molecular weight is 268 g/mol. The molecular formula is C17H20B4. The molecule has 0 aromatic heterocycles. The number of fused-ring (bicyclic) bond motifs is 2. The fourth-order valence-electron chi connectivity index (χ4n) is 3.61. The Morgan fingerprint density at radius 2 is 1.29 bits per heavy atom. The third-order valence-electron chi connectivity index (χ3n) is 5.48. The van der Waals surface area contributed by atoms with Gasteiger partial charge >= 0.3 is 0 Å². The van der Waals surface area contributed by atoms with Crippen molar-refractivity contribution in [3.63, 3.8) is 0 Å². The van der Waals surface area contributed by atoms with E-state index in [1.54, 1.807) is 0 Å². The lowest BCUT2D eigenvalue weighted by Gasteiger charge is -2.18. The fraction of sp³-hybridized carbons (Fsp3) is 0.176. The van der Waals surface area contributed by atoms with E-state index in [1.807, 2.05) is 0 Å². The summed E-state index contributed by atoms with van der Waals surface area (Å²) in [7, 11) is 8.98. The van der Waals surface area contributed by atoms with Crippen LogP contribution >= 0.6 is 0 Å². The van der Waals surface area contributed by atoms with Crippen molar-refractivity contribution in [2.24, 2.45) is 0 Å². The summed E-state index contributed by atoms with van der Waals surface area (Å²) in [5.74, 6) is 0. The molecule has 0 amide bonds. The molecule has 0 aliphatic heterocycles. The third kappa shape index (κ3) is 1.96. The Hall–Kier alpha value is -1.56. The van der Waals surface area contributed by atoms with Gasteiger partial charge in [-0.1, -0.05) is 28.5 Å². The van der Waals surface area contributed by atoms with E-state index < -0.39 is 0 Å². The van der Waals surface area contributed by atoms with Crippen LogP contribution in [0.15, 0.2) is 18.2 Å². The van der Waals surface area contributed by atoms with Gasteiger partial charge in [0.25, 0.3) is 0 Å². The molecule has 0 bridgehead atoms.